The van der Waals surface area contributed by atoms with Crippen molar-refractivity contribution in [2.45, 2.75) is 59.2 Å². The van der Waals surface area contributed by atoms with Gasteiger partial charge < -0.3 is 19.7 Å². The minimum Gasteiger partial charge on any atom is -0.456 e. The van der Waals surface area contributed by atoms with Gasteiger partial charge in [0.1, 0.15) is 11.2 Å². The summed E-state index contributed by atoms with van der Waals surface area (Å²) in [7, 11) is 1.85. The molecule has 0 fully saturated rings. The Bertz CT molecular complexity index is 351. The van der Waals surface area contributed by atoms with Gasteiger partial charge in [0.15, 0.2) is 13.1 Å². The highest BCUT2D eigenvalue weighted by atomic mass is 16.6. The Balaban J connectivity index is 4.84. The molecular weight excluding hydrogens is 284 g/mol. The van der Waals surface area contributed by atoms with Crippen LogP contribution in [0.1, 0.15) is 48.0 Å². The molecule has 0 aromatic rings. The predicted octanol–water partition coefficient (Wildman–Crippen LogP) is 1.47. The van der Waals surface area contributed by atoms with Crippen molar-refractivity contribution in [1.82, 2.24) is 0 Å². The number of carbonyl (C=O) groups is 2. The quantitative estimate of drug-likeness (QED) is 0.568. The number of likely N-dealkylation sites (N-methyl/N-ethyl adjacent to an activating group) is 1. The summed E-state index contributed by atoms with van der Waals surface area (Å²) in [5.41, 5.74) is 4.48. The van der Waals surface area contributed by atoms with Crippen LogP contribution >= 0.6 is 0 Å². The number of nitrogens with zero attached hydrogens (tertiary/aromatic N) is 1. The predicted molar refractivity (Wildman–Crippen MR) is 86.1 cm³/mol. The van der Waals surface area contributed by atoms with Crippen LogP contribution < -0.4 is 5.73 Å². The first-order chi connectivity index (χ1) is 9.76. The Labute approximate surface area is 134 Å². The summed E-state index contributed by atoms with van der Waals surface area (Å²) in [4.78, 5) is 24.2. The molecule has 6 heteroatoms. The molecule has 0 aromatic carbocycles. The number of hydrogen-bond acceptors (Lipinski definition) is 5. The van der Waals surface area contributed by atoms with Crippen molar-refractivity contribution in [2.24, 2.45) is 5.73 Å². The summed E-state index contributed by atoms with van der Waals surface area (Å²) in [5.74, 6) is -0.647. The number of ether oxygens (including phenoxy) is 2. The van der Waals surface area contributed by atoms with Crippen molar-refractivity contribution < 1.29 is 23.5 Å². The summed E-state index contributed by atoms with van der Waals surface area (Å²) in [6.07, 6.45) is 0.724. The van der Waals surface area contributed by atoms with Gasteiger partial charge in [-0.2, -0.15) is 0 Å². The average Bonchev–Trinajstić information content (AvgIpc) is 2.19. The fourth-order valence-corrected chi connectivity index (χ4v) is 2.06. The highest BCUT2D eigenvalue weighted by Gasteiger charge is 2.32. The molecule has 0 bridgehead atoms. The van der Waals surface area contributed by atoms with Crippen LogP contribution in [0, 0.1) is 0 Å². The molecule has 0 atom stereocenters. The van der Waals surface area contributed by atoms with Gasteiger partial charge in [-0.3, -0.25) is 0 Å². The van der Waals surface area contributed by atoms with Gasteiger partial charge in [-0.25, -0.2) is 9.59 Å². The SMILES string of the molecule is CC(C)(C)OC(=O)C[N+](C)(CCCN)CC(=O)OC(C)(C)C. The lowest BCUT2D eigenvalue weighted by Crippen LogP contribution is -2.53. The first-order valence-corrected chi connectivity index (χ1v) is 7.74. The molecule has 2 N–H and O–H groups in total. The Morgan fingerprint density at radius 2 is 1.27 bits per heavy atom. The van der Waals surface area contributed by atoms with Crippen LogP contribution in [-0.4, -0.2) is 60.9 Å². The van der Waals surface area contributed by atoms with Crippen LogP contribution in [0.5, 0.6) is 0 Å². The third kappa shape index (κ3) is 10.6. The van der Waals surface area contributed by atoms with Crippen LogP contribution in [0.3, 0.4) is 0 Å². The number of hydrogen-bond donors (Lipinski definition) is 1. The Morgan fingerprint density at radius 3 is 1.55 bits per heavy atom. The molecule has 130 valence electrons. The maximum absolute atomic E-state index is 12.1. The lowest BCUT2D eigenvalue weighted by Gasteiger charge is -2.34. The van der Waals surface area contributed by atoms with E-state index in [-0.39, 0.29) is 29.5 Å². The van der Waals surface area contributed by atoms with Crippen LogP contribution in [0.4, 0.5) is 0 Å². The van der Waals surface area contributed by atoms with Crippen molar-refractivity contribution >= 4 is 11.9 Å². The molecule has 0 heterocycles. The maximum Gasteiger partial charge on any atom is 0.362 e. The highest BCUT2D eigenvalue weighted by Crippen LogP contribution is 2.13. The monoisotopic (exact) mass is 317 g/mol. The van der Waals surface area contributed by atoms with Gasteiger partial charge in [0.2, 0.25) is 0 Å². The van der Waals surface area contributed by atoms with E-state index >= 15 is 0 Å². The molecule has 0 saturated heterocycles. The van der Waals surface area contributed by atoms with Gasteiger partial charge in [-0.05, 0) is 48.1 Å². The van der Waals surface area contributed by atoms with Crippen LogP contribution in [0.25, 0.3) is 0 Å². The molecule has 0 saturated carbocycles. The molecule has 0 aliphatic rings. The molecule has 0 radical (unpaired) electrons. The third-order valence-electron chi connectivity index (χ3n) is 2.76. The van der Waals surface area contributed by atoms with E-state index in [4.69, 9.17) is 15.2 Å². The van der Waals surface area contributed by atoms with Crippen LogP contribution in [0.15, 0.2) is 0 Å². The van der Waals surface area contributed by atoms with Crippen LogP contribution in [0.2, 0.25) is 0 Å². The van der Waals surface area contributed by atoms with E-state index in [1.807, 2.05) is 48.6 Å². The molecule has 0 spiro atoms. The molecule has 0 aliphatic carbocycles. The lowest BCUT2D eigenvalue weighted by atomic mass is 10.2. The zero-order chi connectivity index (χ0) is 17.6. The highest BCUT2D eigenvalue weighted by molar-refractivity contribution is 5.73. The van der Waals surface area contributed by atoms with Crippen molar-refractivity contribution in [3.63, 3.8) is 0 Å². The first kappa shape index (κ1) is 20.9. The standard InChI is InChI=1S/C16H33N2O4/c1-15(2,3)21-13(19)11-18(7,10-8-9-17)12-14(20)22-16(4,5)6/h8-12,17H2,1-7H3/q+1. The molecule has 0 rings (SSSR count). The zero-order valence-electron chi connectivity index (χ0n) is 15.2. The van der Waals surface area contributed by atoms with E-state index in [1.165, 1.54) is 0 Å². The summed E-state index contributed by atoms with van der Waals surface area (Å²) in [6, 6.07) is 0. The van der Waals surface area contributed by atoms with Crippen molar-refractivity contribution in [3.8, 4) is 0 Å². The van der Waals surface area contributed by atoms with Crippen molar-refractivity contribution in [2.75, 3.05) is 33.2 Å². The minimum atomic E-state index is -0.540. The molecule has 0 aliphatic heterocycles. The van der Waals surface area contributed by atoms with Crippen LogP contribution in [-0.2, 0) is 19.1 Å². The average molecular weight is 317 g/mol. The van der Waals surface area contributed by atoms with E-state index in [9.17, 15) is 9.59 Å². The number of esters is 2. The van der Waals surface area contributed by atoms with E-state index < -0.39 is 11.2 Å². The van der Waals surface area contributed by atoms with Gasteiger partial charge in [-0.15, -0.1) is 0 Å². The minimum absolute atomic E-state index is 0.122. The van der Waals surface area contributed by atoms with Gasteiger partial charge in [-0.1, -0.05) is 0 Å². The molecular formula is C16H33N2O4+. The molecule has 0 amide bonds. The third-order valence-corrected chi connectivity index (χ3v) is 2.76. The largest absolute Gasteiger partial charge is 0.456 e. The fraction of sp³-hybridized carbons (Fsp3) is 0.875. The molecule has 0 unspecified atom stereocenters. The smallest absolute Gasteiger partial charge is 0.362 e. The lowest BCUT2D eigenvalue weighted by molar-refractivity contribution is -0.895. The number of quaternary nitrogens is 1. The Hall–Kier alpha value is -1.14. The van der Waals surface area contributed by atoms with Crippen molar-refractivity contribution in [1.29, 1.82) is 0 Å². The second kappa shape index (κ2) is 7.92. The normalized spacial score (nSPS) is 12.9. The van der Waals surface area contributed by atoms with Gasteiger partial charge >= 0.3 is 11.9 Å². The van der Waals surface area contributed by atoms with Gasteiger partial charge in [0.25, 0.3) is 0 Å². The van der Waals surface area contributed by atoms with Gasteiger partial charge in [0.05, 0.1) is 13.6 Å². The summed E-state index contributed by atoms with van der Waals surface area (Å²) < 4.78 is 11.0. The second-order valence-electron chi connectivity index (χ2n) is 7.97. The maximum atomic E-state index is 12.1. The number of rotatable bonds is 7. The molecule has 22 heavy (non-hydrogen) atoms. The van der Waals surface area contributed by atoms with E-state index in [0.717, 1.165) is 6.42 Å². The van der Waals surface area contributed by atoms with E-state index in [2.05, 4.69) is 0 Å². The fourth-order valence-electron chi connectivity index (χ4n) is 2.06. The Kier molecular flexibility index (Phi) is 7.51. The molecule has 0 aromatic heterocycles. The van der Waals surface area contributed by atoms with Crippen molar-refractivity contribution in [3.05, 3.63) is 0 Å². The summed E-state index contributed by atoms with van der Waals surface area (Å²) >= 11 is 0. The second-order valence-corrected chi connectivity index (χ2v) is 7.97. The first-order valence-electron chi connectivity index (χ1n) is 7.74. The Morgan fingerprint density at radius 1 is 0.909 bits per heavy atom. The topological polar surface area (TPSA) is 78.6 Å². The zero-order valence-corrected chi connectivity index (χ0v) is 15.2. The summed E-state index contributed by atoms with van der Waals surface area (Å²) in [6.45, 7) is 12.3. The van der Waals surface area contributed by atoms with E-state index in [0.29, 0.717) is 13.1 Å². The molecule has 6 nitrogen and oxygen atoms in total. The number of nitrogens with two attached hydrogens (primary N) is 1. The summed E-state index contributed by atoms with van der Waals surface area (Å²) in [5, 5.41) is 0. The van der Waals surface area contributed by atoms with Gasteiger partial charge in [0, 0.05) is 6.42 Å². The number of carbonyl (C=O) groups excluding carboxylic acids is 2. The van der Waals surface area contributed by atoms with E-state index in [1.54, 1.807) is 0 Å².